The van der Waals surface area contributed by atoms with Crippen LogP contribution in [0, 0.1) is 0 Å². The van der Waals surface area contributed by atoms with E-state index in [-0.39, 0.29) is 11.0 Å². The lowest BCUT2D eigenvalue weighted by atomic mass is 10.1. The number of nitrogens with one attached hydrogen (secondary N) is 3. The molecule has 0 saturated heterocycles. The van der Waals surface area contributed by atoms with Gasteiger partial charge in [-0.25, -0.2) is 0 Å². The number of alkyl halides is 3. The summed E-state index contributed by atoms with van der Waals surface area (Å²) in [5.74, 6) is 0.433. The highest BCUT2D eigenvalue weighted by Crippen LogP contribution is 2.29. The van der Waals surface area contributed by atoms with Crippen LogP contribution in [0.15, 0.2) is 24.3 Å². The van der Waals surface area contributed by atoms with Crippen molar-refractivity contribution in [3.8, 4) is 5.75 Å². The van der Waals surface area contributed by atoms with Gasteiger partial charge in [0.25, 0.3) is 0 Å². The Balaban J connectivity index is 2.31. The number of unbranched alkanes of at least 4 members (excludes halogenated alkanes) is 10. The van der Waals surface area contributed by atoms with Crippen molar-refractivity contribution < 1.29 is 9.53 Å². The third-order valence-corrected chi connectivity index (χ3v) is 6.15. The molecular formula is C24H38Cl3N3O2S. The summed E-state index contributed by atoms with van der Waals surface area (Å²) in [4.78, 5) is 12.4. The van der Waals surface area contributed by atoms with E-state index in [1.165, 1.54) is 51.4 Å². The van der Waals surface area contributed by atoms with Gasteiger partial charge in [0.05, 0.1) is 12.8 Å². The van der Waals surface area contributed by atoms with Crippen LogP contribution in [0.5, 0.6) is 5.75 Å². The van der Waals surface area contributed by atoms with Crippen LogP contribution in [-0.4, -0.2) is 28.1 Å². The number of hydrogen-bond acceptors (Lipinski definition) is 3. The summed E-state index contributed by atoms with van der Waals surface area (Å²) in [6, 6.07) is 7.30. The Hall–Kier alpha value is -0.950. The fourth-order valence-electron chi connectivity index (χ4n) is 3.42. The van der Waals surface area contributed by atoms with Gasteiger partial charge in [0, 0.05) is 6.42 Å². The highest BCUT2D eigenvalue weighted by atomic mass is 35.6. The van der Waals surface area contributed by atoms with E-state index < -0.39 is 9.96 Å². The zero-order valence-electron chi connectivity index (χ0n) is 19.7. The molecule has 0 fully saturated rings. The topological polar surface area (TPSA) is 62.4 Å². The van der Waals surface area contributed by atoms with Crippen LogP contribution in [0.3, 0.4) is 0 Å². The second-order valence-electron chi connectivity index (χ2n) is 8.13. The minimum absolute atomic E-state index is 0.185. The summed E-state index contributed by atoms with van der Waals surface area (Å²) in [5.41, 5.74) is 0.660. The van der Waals surface area contributed by atoms with Crippen LogP contribution in [0.2, 0.25) is 0 Å². The Morgan fingerprint density at radius 2 is 1.48 bits per heavy atom. The summed E-state index contributed by atoms with van der Waals surface area (Å²) in [6.45, 7) is 2.24. The van der Waals surface area contributed by atoms with E-state index in [4.69, 9.17) is 51.8 Å². The summed E-state index contributed by atoms with van der Waals surface area (Å²) in [5, 5.41) is 8.80. The second kappa shape index (κ2) is 17.5. The normalized spacial score (nSPS) is 12.2. The third kappa shape index (κ3) is 14.1. The molecule has 33 heavy (non-hydrogen) atoms. The maximum Gasteiger partial charge on any atom is 0.228 e. The van der Waals surface area contributed by atoms with Gasteiger partial charge < -0.3 is 20.7 Å². The maximum absolute atomic E-state index is 12.4. The van der Waals surface area contributed by atoms with Crippen LogP contribution in [-0.2, 0) is 4.79 Å². The number of thiocarbonyl (C=S) groups is 1. The summed E-state index contributed by atoms with van der Waals surface area (Å²) < 4.78 is 3.51. The number of amides is 1. The first-order chi connectivity index (χ1) is 15.8. The predicted molar refractivity (Wildman–Crippen MR) is 146 cm³/mol. The molecule has 1 atom stereocenters. The monoisotopic (exact) mass is 537 g/mol. The molecule has 0 radical (unpaired) electrons. The van der Waals surface area contributed by atoms with Crippen molar-refractivity contribution in [2.45, 2.75) is 93.9 Å². The smallest absolute Gasteiger partial charge is 0.228 e. The van der Waals surface area contributed by atoms with Crippen molar-refractivity contribution in [3.05, 3.63) is 24.3 Å². The lowest BCUT2D eigenvalue weighted by Crippen LogP contribution is -2.56. The summed E-state index contributed by atoms with van der Waals surface area (Å²) >= 11 is 23.5. The van der Waals surface area contributed by atoms with Crippen molar-refractivity contribution in [1.82, 2.24) is 10.6 Å². The van der Waals surface area contributed by atoms with E-state index >= 15 is 0 Å². The Labute approximate surface area is 219 Å². The fourth-order valence-corrected chi connectivity index (χ4v) is 3.98. The van der Waals surface area contributed by atoms with Crippen LogP contribution in [0.4, 0.5) is 5.69 Å². The molecule has 1 rings (SSSR count). The van der Waals surface area contributed by atoms with Gasteiger partial charge in [-0.2, -0.15) is 0 Å². The molecule has 9 heteroatoms. The zero-order valence-corrected chi connectivity index (χ0v) is 22.8. The Bertz CT molecular complexity index is 702. The van der Waals surface area contributed by atoms with Crippen molar-refractivity contribution in [3.63, 3.8) is 0 Å². The molecule has 5 nitrogen and oxygen atoms in total. The Kier molecular flexibility index (Phi) is 15.9. The lowest BCUT2D eigenvalue weighted by molar-refractivity contribution is -0.122. The molecule has 3 N–H and O–H groups in total. The number of carbonyl (C=O) groups is 1. The van der Waals surface area contributed by atoms with Crippen molar-refractivity contribution in [2.24, 2.45) is 0 Å². The molecule has 0 bridgehead atoms. The minimum atomic E-state index is -1.78. The average molecular weight is 539 g/mol. The molecule has 1 unspecified atom stereocenters. The van der Waals surface area contributed by atoms with Gasteiger partial charge in [-0.15, -0.1) is 0 Å². The van der Waals surface area contributed by atoms with E-state index in [1.807, 2.05) is 18.2 Å². The molecular weight excluding hydrogens is 501 g/mol. The predicted octanol–water partition coefficient (Wildman–Crippen LogP) is 7.50. The van der Waals surface area contributed by atoms with E-state index in [1.54, 1.807) is 13.2 Å². The molecule has 0 aliphatic carbocycles. The first-order valence-electron chi connectivity index (χ1n) is 11.8. The molecule has 1 aromatic rings. The van der Waals surface area contributed by atoms with E-state index in [0.29, 0.717) is 17.9 Å². The third-order valence-electron chi connectivity index (χ3n) is 5.27. The number of para-hydroxylation sites is 2. The fraction of sp³-hybridized carbons (Fsp3) is 0.667. The van der Waals surface area contributed by atoms with Gasteiger partial charge in [0.1, 0.15) is 11.9 Å². The quantitative estimate of drug-likeness (QED) is 0.0880. The van der Waals surface area contributed by atoms with Gasteiger partial charge in [-0.05, 0) is 30.8 Å². The Morgan fingerprint density at radius 3 is 2.03 bits per heavy atom. The average Bonchev–Trinajstić information content (AvgIpc) is 2.76. The van der Waals surface area contributed by atoms with E-state index in [2.05, 4.69) is 22.9 Å². The number of benzene rings is 1. The highest BCUT2D eigenvalue weighted by Gasteiger charge is 2.34. The second-order valence-corrected chi connectivity index (χ2v) is 10.9. The lowest BCUT2D eigenvalue weighted by Gasteiger charge is -2.28. The van der Waals surface area contributed by atoms with Crippen LogP contribution < -0.4 is 20.7 Å². The van der Waals surface area contributed by atoms with Gasteiger partial charge in [-0.1, -0.05) is 118 Å². The molecule has 0 spiro atoms. The summed E-state index contributed by atoms with van der Waals surface area (Å²) in [6.07, 6.45) is 12.8. The molecule has 0 heterocycles. The van der Waals surface area contributed by atoms with Crippen LogP contribution in [0.25, 0.3) is 0 Å². The first-order valence-corrected chi connectivity index (χ1v) is 13.4. The first kappa shape index (κ1) is 30.1. The van der Waals surface area contributed by atoms with Gasteiger partial charge >= 0.3 is 0 Å². The molecule has 0 aliphatic rings. The van der Waals surface area contributed by atoms with Crippen molar-refractivity contribution in [1.29, 1.82) is 0 Å². The Morgan fingerprint density at radius 1 is 0.939 bits per heavy atom. The number of halogens is 3. The standard InChI is InChI=1S/C24H38Cl3N3O2S/c1-3-4-5-6-7-8-9-10-11-12-13-18-21(31)29-22(24(25,26)27)30-23(33)28-19-16-14-15-17-20(19)32-2/h14-17,22H,3-13,18H2,1-2H3,(H,29,31)(H2,28,30,33). The molecule has 0 aromatic heterocycles. The molecule has 188 valence electrons. The molecule has 0 aliphatic heterocycles. The number of methoxy groups -OCH3 is 1. The summed E-state index contributed by atoms with van der Waals surface area (Å²) in [7, 11) is 1.57. The van der Waals surface area contributed by atoms with Crippen LogP contribution in [0.1, 0.15) is 84.0 Å². The zero-order chi connectivity index (χ0) is 24.5. The number of ether oxygens (including phenoxy) is 1. The number of rotatable bonds is 16. The molecule has 0 saturated carbocycles. The number of anilines is 1. The van der Waals surface area contributed by atoms with Crippen LogP contribution >= 0.6 is 47.0 Å². The van der Waals surface area contributed by atoms with E-state index in [9.17, 15) is 4.79 Å². The van der Waals surface area contributed by atoms with Crippen molar-refractivity contribution in [2.75, 3.05) is 12.4 Å². The number of carbonyl (C=O) groups excluding carboxylic acids is 1. The minimum Gasteiger partial charge on any atom is -0.495 e. The van der Waals surface area contributed by atoms with E-state index in [0.717, 1.165) is 19.3 Å². The SMILES string of the molecule is CCCCCCCCCCCCCC(=O)NC(NC(=S)Nc1ccccc1OC)C(Cl)(Cl)Cl. The maximum atomic E-state index is 12.4. The van der Waals surface area contributed by atoms with Gasteiger partial charge in [-0.3, -0.25) is 4.79 Å². The number of hydrogen-bond donors (Lipinski definition) is 3. The van der Waals surface area contributed by atoms with Gasteiger partial charge in [0.2, 0.25) is 9.70 Å². The largest absolute Gasteiger partial charge is 0.495 e. The highest BCUT2D eigenvalue weighted by molar-refractivity contribution is 7.80. The van der Waals surface area contributed by atoms with Gasteiger partial charge in [0.15, 0.2) is 5.11 Å². The molecule has 1 aromatic carbocycles. The molecule has 1 amide bonds. The van der Waals surface area contributed by atoms with Crippen molar-refractivity contribution >= 4 is 63.7 Å².